The van der Waals surface area contributed by atoms with E-state index in [1.165, 1.54) is 7.11 Å². The number of carboxylic acids is 1. The number of nitro groups is 1. The van der Waals surface area contributed by atoms with E-state index in [-0.39, 0.29) is 23.8 Å². The third-order valence-corrected chi connectivity index (χ3v) is 3.47. The predicted octanol–water partition coefficient (Wildman–Crippen LogP) is 1.90. The molecule has 0 radical (unpaired) electrons. The van der Waals surface area contributed by atoms with Crippen molar-refractivity contribution in [2.75, 3.05) is 25.1 Å². The summed E-state index contributed by atoms with van der Waals surface area (Å²) >= 11 is 0. The van der Waals surface area contributed by atoms with Crippen LogP contribution in [0, 0.1) is 16.0 Å². The van der Waals surface area contributed by atoms with E-state index in [0.717, 1.165) is 6.42 Å². The maximum Gasteiger partial charge on any atom is 0.333 e. The minimum atomic E-state index is -0.836. The Morgan fingerprint density at radius 3 is 2.95 bits per heavy atom. The van der Waals surface area contributed by atoms with Gasteiger partial charge in [0.1, 0.15) is 5.69 Å². The first kappa shape index (κ1) is 14.1. The monoisotopic (exact) mass is 280 g/mol. The average Bonchev–Trinajstić information content (AvgIpc) is 2.85. The van der Waals surface area contributed by atoms with Crippen molar-refractivity contribution in [1.82, 2.24) is 0 Å². The van der Waals surface area contributed by atoms with E-state index in [1.807, 2.05) is 4.90 Å². The molecule has 1 fully saturated rings. The molecular weight excluding hydrogens is 264 g/mol. The predicted molar refractivity (Wildman–Crippen MR) is 72.2 cm³/mol. The van der Waals surface area contributed by atoms with E-state index < -0.39 is 10.9 Å². The number of benzene rings is 1. The smallest absolute Gasteiger partial charge is 0.333 e. The van der Waals surface area contributed by atoms with Gasteiger partial charge in [0.2, 0.25) is 0 Å². The van der Waals surface area contributed by atoms with E-state index in [0.29, 0.717) is 18.8 Å². The molecule has 108 valence electrons. The van der Waals surface area contributed by atoms with Gasteiger partial charge in [-0.1, -0.05) is 6.07 Å². The van der Waals surface area contributed by atoms with Crippen molar-refractivity contribution in [3.8, 4) is 5.75 Å². The molecule has 20 heavy (non-hydrogen) atoms. The fourth-order valence-electron chi connectivity index (χ4n) is 2.58. The average molecular weight is 280 g/mol. The van der Waals surface area contributed by atoms with E-state index in [4.69, 9.17) is 9.84 Å². The molecule has 1 aromatic carbocycles. The molecule has 0 spiro atoms. The minimum Gasteiger partial charge on any atom is -0.490 e. The summed E-state index contributed by atoms with van der Waals surface area (Å²) in [5.74, 6) is -0.593. The van der Waals surface area contributed by atoms with Gasteiger partial charge in [-0.25, -0.2) is 0 Å². The molecule has 1 heterocycles. The molecule has 0 bridgehead atoms. The van der Waals surface area contributed by atoms with Gasteiger partial charge in [0.25, 0.3) is 0 Å². The molecule has 1 aliphatic heterocycles. The molecule has 0 amide bonds. The summed E-state index contributed by atoms with van der Waals surface area (Å²) in [4.78, 5) is 23.3. The van der Waals surface area contributed by atoms with Crippen molar-refractivity contribution in [3.63, 3.8) is 0 Å². The zero-order valence-corrected chi connectivity index (χ0v) is 11.1. The quantitative estimate of drug-likeness (QED) is 0.654. The molecule has 0 aliphatic carbocycles. The lowest BCUT2D eigenvalue weighted by molar-refractivity contribution is -0.385. The van der Waals surface area contributed by atoms with Gasteiger partial charge < -0.3 is 14.7 Å². The maximum absolute atomic E-state index is 11.2. The van der Waals surface area contributed by atoms with Gasteiger partial charge in [-0.05, 0) is 24.5 Å². The number of aliphatic carboxylic acids is 1. The summed E-state index contributed by atoms with van der Waals surface area (Å²) in [6.45, 7) is 1.13. The molecule has 1 unspecified atom stereocenters. The Bertz CT molecular complexity index is 531. The van der Waals surface area contributed by atoms with E-state index in [9.17, 15) is 14.9 Å². The van der Waals surface area contributed by atoms with Crippen LogP contribution in [-0.4, -0.2) is 36.2 Å². The summed E-state index contributed by atoms with van der Waals surface area (Å²) in [6, 6.07) is 4.92. The minimum absolute atomic E-state index is 0.0262. The number of anilines is 1. The summed E-state index contributed by atoms with van der Waals surface area (Å²) < 4.78 is 5.04. The van der Waals surface area contributed by atoms with E-state index in [1.54, 1.807) is 18.2 Å². The normalized spacial score (nSPS) is 18.1. The van der Waals surface area contributed by atoms with Crippen LogP contribution in [-0.2, 0) is 4.79 Å². The zero-order chi connectivity index (χ0) is 14.7. The number of hydrogen-bond donors (Lipinski definition) is 1. The number of ether oxygens (including phenoxy) is 1. The topological polar surface area (TPSA) is 92.9 Å². The third-order valence-electron chi connectivity index (χ3n) is 3.47. The van der Waals surface area contributed by atoms with Crippen LogP contribution in [0.5, 0.6) is 5.75 Å². The van der Waals surface area contributed by atoms with Gasteiger partial charge in [0.05, 0.1) is 12.0 Å². The van der Waals surface area contributed by atoms with Crippen molar-refractivity contribution in [3.05, 3.63) is 28.3 Å². The molecule has 1 saturated heterocycles. The summed E-state index contributed by atoms with van der Waals surface area (Å²) in [6.07, 6.45) is 0.814. The zero-order valence-electron chi connectivity index (χ0n) is 11.1. The van der Waals surface area contributed by atoms with Crippen molar-refractivity contribution >= 4 is 17.3 Å². The molecule has 1 N–H and O–H groups in total. The number of carboxylic acid groups (broad SMARTS) is 1. The number of rotatable bonds is 5. The Morgan fingerprint density at radius 2 is 2.35 bits per heavy atom. The van der Waals surface area contributed by atoms with Crippen LogP contribution in [0.2, 0.25) is 0 Å². The molecule has 0 aromatic heterocycles. The van der Waals surface area contributed by atoms with Gasteiger partial charge in [-0.2, -0.15) is 0 Å². The summed E-state index contributed by atoms with van der Waals surface area (Å²) in [5, 5.41) is 20.0. The lowest BCUT2D eigenvalue weighted by Crippen LogP contribution is -2.21. The number of carbonyl (C=O) groups is 1. The Kier molecular flexibility index (Phi) is 4.07. The molecule has 7 heteroatoms. The second-order valence-corrected chi connectivity index (χ2v) is 4.78. The van der Waals surface area contributed by atoms with Crippen molar-refractivity contribution in [2.45, 2.75) is 12.8 Å². The van der Waals surface area contributed by atoms with Gasteiger partial charge >= 0.3 is 11.7 Å². The second kappa shape index (κ2) is 5.77. The first-order valence-electron chi connectivity index (χ1n) is 6.31. The molecule has 0 saturated carbocycles. The van der Waals surface area contributed by atoms with Crippen molar-refractivity contribution < 1.29 is 19.6 Å². The molecule has 2 rings (SSSR count). The Balaban J connectivity index is 2.25. The number of hydrogen-bond acceptors (Lipinski definition) is 5. The molecular formula is C13H16N2O5. The Hall–Kier alpha value is -2.31. The van der Waals surface area contributed by atoms with Gasteiger partial charge in [0, 0.05) is 19.5 Å². The van der Waals surface area contributed by atoms with Gasteiger partial charge in [-0.3, -0.25) is 14.9 Å². The first-order valence-corrected chi connectivity index (χ1v) is 6.31. The summed E-state index contributed by atoms with van der Waals surface area (Å²) in [7, 11) is 1.39. The Labute approximate surface area is 115 Å². The summed E-state index contributed by atoms with van der Waals surface area (Å²) in [5.41, 5.74) is 0.424. The molecule has 7 nitrogen and oxygen atoms in total. The highest BCUT2D eigenvalue weighted by atomic mass is 16.6. The number of nitro benzene ring substituents is 1. The van der Waals surface area contributed by atoms with E-state index in [2.05, 4.69) is 0 Å². The van der Waals surface area contributed by atoms with Crippen molar-refractivity contribution in [1.29, 1.82) is 0 Å². The molecule has 1 aliphatic rings. The third kappa shape index (κ3) is 2.81. The highest BCUT2D eigenvalue weighted by Crippen LogP contribution is 2.39. The maximum atomic E-state index is 11.2. The van der Waals surface area contributed by atoms with Crippen LogP contribution in [0.1, 0.15) is 12.8 Å². The second-order valence-electron chi connectivity index (χ2n) is 4.78. The fraction of sp³-hybridized carbons (Fsp3) is 0.462. The molecule has 1 atom stereocenters. The van der Waals surface area contributed by atoms with Crippen LogP contribution in [0.15, 0.2) is 18.2 Å². The number of para-hydroxylation sites is 1. The van der Waals surface area contributed by atoms with Crippen molar-refractivity contribution in [2.24, 2.45) is 5.92 Å². The van der Waals surface area contributed by atoms with Gasteiger partial charge in [0.15, 0.2) is 5.75 Å². The van der Waals surface area contributed by atoms with Crippen LogP contribution >= 0.6 is 0 Å². The highest BCUT2D eigenvalue weighted by molar-refractivity contribution is 5.71. The van der Waals surface area contributed by atoms with Crippen LogP contribution in [0.4, 0.5) is 11.4 Å². The SMILES string of the molecule is COc1cccc(N2CCC(CC(=O)O)C2)c1[N+](=O)[O-]. The fourth-order valence-corrected chi connectivity index (χ4v) is 2.58. The highest BCUT2D eigenvalue weighted by Gasteiger charge is 2.30. The van der Waals surface area contributed by atoms with Crippen LogP contribution < -0.4 is 9.64 Å². The lowest BCUT2D eigenvalue weighted by atomic mass is 10.1. The van der Waals surface area contributed by atoms with Crippen LogP contribution in [0.25, 0.3) is 0 Å². The van der Waals surface area contributed by atoms with Gasteiger partial charge in [-0.15, -0.1) is 0 Å². The number of nitrogens with zero attached hydrogens (tertiary/aromatic N) is 2. The lowest BCUT2D eigenvalue weighted by Gasteiger charge is -2.19. The van der Waals surface area contributed by atoms with Crippen LogP contribution in [0.3, 0.4) is 0 Å². The number of methoxy groups -OCH3 is 1. The first-order chi connectivity index (χ1) is 9.52. The van der Waals surface area contributed by atoms with E-state index >= 15 is 0 Å². The largest absolute Gasteiger partial charge is 0.490 e. The molecule has 1 aromatic rings. The standard InChI is InChI=1S/C13H16N2O5/c1-20-11-4-2-3-10(13(11)15(18)19)14-6-5-9(8-14)7-12(16)17/h2-4,9H,5-8H2,1H3,(H,16,17). The Morgan fingerprint density at radius 1 is 1.60 bits per heavy atom.